The Morgan fingerprint density at radius 3 is 2.83 bits per heavy atom. The lowest BCUT2D eigenvalue weighted by molar-refractivity contribution is -0.138. The monoisotopic (exact) mass is 248 g/mol. The lowest BCUT2D eigenvalue weighted by Crippen LogP contribution is -2.54. The quantitative estimate of drug-likeness (QED) is 0.749. The second-order valence-electron chi connectivity index (χ2n) is 4.76. The van der Waals surface area contributed by atoms with Crippen molar-refractivity contribution in [3.63, 3.8) is 0 Å². The van der Waals surface area contributed by atoms with E-state index in [4.69, 9.17) is 4.74 Å². The number of cyclic esters (lactones) is 1. The van der Waals surface area contributed by atoms with E-state index in [9.17, 15) is 9.59 Å². The normalized spacial score (nSPS) is 20.3. The molecule has 96 valence electrons. The number of amides is 1. The Bertz CT molecular complexity index is 433. The van der Waals surface area contributed by atoms with Crippen LogP contribution in [0.15, 0.2) is 24.5 Å². The summed E-state index contributed by atoms with van der Waals surface area (Å²) >= 11 is 0. The minimum Gasteiger partial charge on any atom is -0.420 e. The predicted molar refractivity (Wildman–Crippen MR) is 64.6 cm³/mol. The fraction of sp³-hybridized carbons (Fsp3) is 0.462. The molecule has 1 unspecified atom stereocenters. The lowest BCUT2D eigenvalue weighted by Gasteiger charge is -2.43. The Hall–Kier alpha value is -1.91. The maximum atomic E-state index is 11.5. The van der Waals surface area contributed by atoms with Crippen molar-refractivity contribution in [1.29, 1.82) is 0 Å². The summed E-state index contributed by atoms with van der Waals surface area (Å²) in [7, 11) is 0. The highest BCUT2D eigenvalue weighted by molar-refractivity contribution is 5.78. The standard InChI is InChI=1S/C13H16N2O3/c1-9(2)6-11(8-16)15-12(18-13(15)17)10-4-3-5-14-7-10/h3-5,7-9,11-12H,6H2,1-2H3/t11-,12?/m0/s1. The van der Waals surface area contributed by atoms with Crippen molar-refractivity contribution in [2.75, 3.05) is 0 Å². The van der Waals surface area contributed by atoms with Gasteiger partial charge < -0.3 is 9.53 Å². The second kappa shape index (κ2) is 5.16. The number of aldehydes is 1. The number of rotatable bonds is 5. The van der Waals surface area contributed by atoms with Gasteiger partial charge in [0.05, 0.1) is 6.04 Å². The third kappa shape index (κ3) is 2.34. The van der Waals surface area contributed by atoms with Crippen LogP contribution in [-0.2, 0) is 9.53 Å². The van der Waals surface area contributed by atoms with Crippen molar-refractivity contribution < 1.29 is 14.3 Å². The van der Waals surface area contributed by atoms with Crippen molar-refractivity contribution in [3.05, 3.63) is 30.1 Å². The first kappa shape index (κ1) is 12.5. The van der Waals surface area contributed by atoms with Crippen LogP contribution < -0.4 is 0 Å². The minimum absolute atomic E-state index is 0.336. The van der Waals surface area contributed by atoms with E-state index < -0.39 is 18.4 Å². The van der Waals surface area contributed by atoms with Gasteiger partial charge in [-0.1, -0.05) is 19.9 Å². The van der Waals surface area contributed by atoms with Gasteiger partial charge in [-0.2, -0.15) is 0 Å². The number of ether oxygens (including phenoxy) is 1. The number of pyridine rings is 1. The van der Waals surface area contributed by atoms with Crippen molar-refractivity contribution in [3.8, 4) is 0 Å². The molecule has 0 aromatic carbocycles. The number of nitrogens with zero attached hydrogens (tertiary/aromatic N) is 2. The molecule has 2 heterocycles. The number of carbonyl (C=O) groups excluding carboxylic acids is 2. The maximum Gasteiger partial charge on any atom is 0.415 e. The SMILES string of the molecule is CC(C)C[C@@H](C=O)N1C(=O)OC1c1cccnc1. The van der Waals surface area contributed by atoms with Crippen LogP contribution in [0.25, 0.3) is 0 Å². The molecule has 5 heteroatoms. The summed E-state index contributed by atoms with van der Waals surface area (Å²) in [5.41, 5.74) is 0.785. The molecule has 0 radical (unpaired) electrons. The molecule has 1 amide bonds. The van der Waals surface area contributed by atoms with Gasteiger partial charge in [0.2, 0.25) is 6.23 Å². The molecule has 0 bridgehead atoms. The Labute approximate surface area is 106 Å². The van der Waals surface area contributed by atoms with Gasteiger partial charge in [0.25, 0.3) is 0 Å². The van der Waals surface area contributed by atoms with E-state index in [0.29, 0.717) is 12.3 Å². The highest BCUT2D eigenvalue weighted by Crippen LogP contribution is 2.34. The van der Waals surface area contributed by atoms with Gasteiger partial charge in [0.15, 0.2) is 0 Å². The summed E-state index contributed by atoms with van der Waals surface area (Å²) in [6, 6.07) is 3.17. The van der Waals surface area contributed by atoms with Gasteiger partial charge >= 0.3 is 6.09 Å². The Morgan fingerprint density at radius 1 is 1.56 bits per heavy atom. The van der Waals surface area contributed by atoms with Gasteiger partial charge in [-0.05, 0) is 18.4 Å². The van der Waals surface area contributed by atoms with Crippen LogP contribution in [-0.4, -0.2) is 28.3 Å². The number of carbonyl (C=O) groups is 2. The van der Waals surface area contributed by atoms with Crippen molar-refractivity contribution >= 4 is 12.4 Å². The van der Waals surface area contributed by atoms with Gasteiger partial charge in [0, 0.05) is 18.0 Å². The zero-order valence-electron chi connectivity index (χ0n) is 10.4. The molecule has 1 aliphatic rings. The third-order valence-corrected chi connectivity index (χ3v) is 2.87. The Balaban J connectivity index is 2.15. The van der Waals surface area contributed by atoms with E-state index in [2.05, 4.69) is 4.98 Å². The third-order valence-electron chi connectivity index (χ3n) is 2.87. The fourth-order valence-electron chi connectivity index (χ4n) is 2.04. The number of aromatic nitrogens is 1. The zero-order valence-corrected chi connectivity index (χ0v) is 10.4. The van der Waals surface area contributed by atoms with E-state index in [-0.39, 0.29) is 0 Å². The highest BCUT2D eigenvalue weighted by Gasteiger charge is 2.44. The molecule has 1 aromatic heterocycles. The van der Waals surface area contributed by atoms with Gasteiger partial charge in [0.1, 0.15) is 6.29 Å². The van der Waals surface area contributed by atoms with Crippen LogP contribution in [0.5, 0.6) is 0 Å². The molecular weight excluding hydrogens is 232 g/mol. The smallest absolute Gasteiger partial charge is 0.415 e. The van der Waals surface area contributed by atoms with E-state index in [1.54, 1.807) is 18.5 Å². The second-order valence-corrected chi connectivity index (χ2v) is 4.76. The summed E-state index contributed by atoms with van der Waals surface area (Å²) in [5.74, 6) is 0.336. The van der Waals surface area contributed by atoms with Crippen molar-refractivity contribution in [2.45, 2.75) is 32.5 Å². The average Bonchev–Trinajstić information content (AvgIpc) is 2.35. The van der Waals surface area contributed by atoms with Crippen LogP contribution in [0.2, 0.25) is 0 Å². The van der Waals surface area contributed by atoms with E-state index in [0.717, 1.165) is 11.8 Å². The molecule has 1 aliphatic heterocycles. The predicted octanol–water partition coefficient (Wildman–Crippen LogP) is 2.15. The summed E-state index contributed by atoms with van der Waals surface area (Å²) in [6.45, 7) is 4.03. The maximum absolute atomic E-state index is 11.5. The lowest BCUT2D eigenvalue weighted by atomic mass is 10.0. The topological polar surface area (TPSA) is 59.5 Å². The van der Waals surface area contributed by atoms with E-state index >= 15 is 0 Å². The number of hydrogen-bond acceptors (Lipinski definition) is 4. The largest absolute Gasteiger partial charge is 0.420 e. The van der Waals surface area contributed by atoms with Gasteiger partial charge in [-0.15, -0.1) is 0 Å². The summed E-state index contributed by atoms with van der Waals surface area (Å²) in [4.78, 5) is 28.1. The van der Waals surface area contributed by atoms with Crippen molar-refractivity contribution in [2.24, 2.45) is 5.92 Å². The molecule has 1 aromatic rings. The molecule has 0 saturated carbocycles. The molecule has 2 atom stereocenters. The van der Waals surface area contributed by atoms with Crippen LogP contribution >= 0.6 is 0 Å². The Morgan fingerprint density at radius 2 is 2.33 bits per heavy atom. The highest BCUT2D eigenvalue weighted by atomic mass is 16.6. The van der Waals surface area contributed by atoms with Crippen LogP contribution in [0.1, 0.15) is 32.1 Å². The molecule has 1 fully saturated rings. The molecule has 0 spiro atoms. The first-order valence-electron chi connectivity index (χ1n) is 5.97. The summed E-state index contributed by atoms with van der Waals surface area (Å²) in [5, 5.41) is 0. The molecule has 0 aliphatic carbocycles. The number of hydrogen-bond donors (Lipinski definition) is 0. The molecule has 0 N–H and O–H groups in total. The van der Waals surface area contributed by atoms with Gasteiger partial charge in [-0.3, -0.25) is 9.88 Å². The molecule has 18 heavy (non-hydrogen) atoms. The average molecular weight is 248 g/mol. The summed E-state index contributed by atoms with van der Waals surface area (Å²) in [6.07, 6.45) is 3.81. The van der Waals surface area contributed by atoms with Crippen molar-refractivity contribution in [1.82, 2.24) is 9.88 Å². The molecule has 1 saturated heterocycles. The van der Waals surface area contributed by atoms with Gasteiger partial charge in [-0.25, -0.2) is 4.79 Å². The first-order chi connectivity index (χ1) is 8.63. The zero-order chi connectivity index (χ0) is 13.1. The molecular formula is C13H16N2O3. The van der Waals surface area contributed by atoms with E-state index in [1.165, 1.54) is 4.90 Å². The van der Waals surface area contributed by atoms with Crippen LogP contribution in [0.4, 0.5) is 4.79 Å². The van der Waals surface area contributed by atoms with Crippen LogP contribution in [0, 0.1) is 5.92 Å². The molecule has 5 nitrogen and oxygen atoms in total. The first-order valence-corrected chi connectivity index (χ1v) is 5.97. The van der Waals surface area contributed by atoms with Crippen LogP contribution in [0.3, 0.4) is 0 Å². The van der Waals surface area contributed by atoms with E-state index in [1.807, 2.05) is 19.9 Å². The molecule has 2 rings (SSSR count). The fourth-order valence-corrected chi connectivity index (χ4v) is 2.04. The summed E-state index contributed by atoms with van der Waals surface area (Å²) < 4.78 is 5.09. The minimum atomic E-state index is -0.486. The Kier molecular flexibility index (Phi) is 3.60.